The zero-order chi connectivity index (χ0) is 20.9. The van der Waals surface area contributed by atoms with Crippen LogP contribution in [0.5, 0.6) is 0 Å². The van der Waals surface area contributed by atoms with Crippen LogP contribution in [0.3, 0.4) is 0 Å². The molecule has 0 radical (unpaired) electrons. The Morgan fingerprint density at radius 2 is 0.833 bits per heavy atom. The van der Waals surface area contributed by atoms with Crippen LogP contribution in [0.4, 0.5) is 0 Å². The molecule has 0 nitrogen and oxygen atoms in total. The Balaban J connectivity index is 2.05. The minimum absolute atomic E-state index is 1.29. The average Bonchev–Trinajstić information content (AvgIpc) is 2.81. The van der Waals surface area contributed by atoms with Crippen LogP contribution >= 0.6 is 13.8 Å². The Labute approximate surface area is 181 Å². The van der Waals surface area contributed by atoms with Crippen molar-refractivity contribution < 1.29 is 0 Å². The zero-order valence-corrected chi connectivity index (χ0v) is 19.4. The Morgan fingerprint density at radius 3 is 1.27 bits per heavy atom. The number of benzene rings is 4. The molecule has 1 unspecified atom stereocenters. The molecule has 0 aliphatic rings. The van der Waals surface area contributed by atoms with Gasteiger partial charge in [-0.25, -0.2) is 0 Å². The van der Waals surface area contributed by atoms with Gasteiger partial charge in [0.2, 0.25) is 0 Å². The third-order valence-corrected chi connectivity index (χ3v) is 14.3. The zero-order valence-electron chi connectivity index (χ0n) is 17.6. The van der Waals surface area contributed by atoms with E-state index in [9.17, 15) is 0 Å². The Bertz CT molecular complexity index is 1150. The first-order chi connectivity index (χ1) is 14.6. The first-order valence-electron chi connectivity index (χ1n) is 10.3. The summed E-state index contributed by atoms with van der Waals surface area (Å²) in [4.78, 5) is 0. The van der Waals surface area contributed by atoms with Crippen LogP contribution in [0.1, 0.15) is 5.56 Å². The van der Waals surface area contributed by atoms with E-state index in [1.807, 2.05) is 0 Å². The van der Waals surface area contributed by atoms with E-state index < -0.39 is 13.8 Å². The molecule has 0 spiro atoms. The fraction of sp³-hybridized carbons (Fsp3) is 0.0714. The van der Waals surface area contributed by atoms with E-state index >= 15 is 0 Å². The molecule has 0 saturated carbocycles. The standard InChI is InChI=1S/C28H28P2/c1-29(26-17-9-4-10-18-26,23-25-15-7-3-8-16-25)24-30(2,27-19-11-5-12-20-27)28-21-13-6-14-22-28/h3-24H,1-2H3. The van der Waals surface area contributed by atoms with Crippen molar-refractivity contribution in [1.82, 2.24) is 0 Å². The van der Waals surface area contributed by atoms with Crippen LogP contribution in [-0.4, -0.2) is 24.7 Å². The van der Waals surface area contributed by atoms with Gasteiger partial charge in [0.25, 0.3) is 0 Å². The fourth-order valence-corrected chi connectivity index (χ4v) is 13.4. The summed E-state index contributed by atoms with van der Waals surface area (Å²) in [5.41, 5.74) is 4.02. The summed E-state index contributed by atoms with van der Waals surface area (Å²) >= 11 is 0. The van der Waals surface area contributed by atoms with E-state index in [0.717, 1.165) is 0 Å². The van der Waals surface area contributed by atoms with Gasteiger partial charge in [-0.2, -0.15) is 0 Å². The molecule has 150 valence electrons. The van der Waals surface area contributed by atoms with Crippen molar-refractivity contribution in [2.75, 3.05) is 13.3 Å². The lowest BCUT2D eigenvalue weighted by Gasteiger charge is -2.29. The van der Waals surface area contributed by atoms with Crippen molar-refractivity contribution in [2.45, 2.75) is 0 Å². The molecule has 0 bridgehead atoms. The van der Waals surface area contributed by atoms with Crippen LogP contribution in [0.15, 0.2) is 121 Å². The van der Waals surface area contributed by atoms with Crippen molar-refractivity contribution in [3.63, 3.8) is 0 Å². The summed E-state index contributed by atoms with van der Waals surface area (Å²) in [5, 5.41) is 4.28. The van der Waals surface area contributed by atoms with Crippen LogP contribution in [0.2, 0.25) is 0 Å². The SMILES string of the molecule is CP(=Cc1ccccc1)(C=P(C)(c1ccccc1)c1ccccc1)c1ccccc1. The summed E-state index contributed by atoms with van der Waals surface area (Å²) in [6.07, 6.45) is 0. The highest BCUT2D eigenvalue weighted by molar-refractivity contribution is 8.08. The molecular formula is C28H28P2. The van der Waals surface area contributed by atoms with Crippen LogP contribution < -0.4 is 15.9 Å². The van der Waals surface area contributed by atoms with Gasteiger partial charge in [0.1, 0.15) is 0 Å². The second kappa shape index (κ2) is 9.09. The fourth-order valence-electron chi connectivity index (χ4n) is 4.01. The van der Waals surface area contributed by atoms with Gasteiger partial charge in [0.15, 0.2) is 0 Å². The molecule has 4 aromatic rings. The second-order valence-electron chi connectivity index (χ2n) is 7.88. The first kappa shape index (κ1) is 20.7. The quantitative estimate of drug-likeness (QED) is 0.350. The monoisotopic (exact) mass is 426 g/mol. The normalized spacial score (nSPS) is 13.3. The molecule has 0 N–H and O–H groups in total. The Morgan fingerprint density at radius 1 is 0.467 bits per heavy atom. The van der Waals surface area contributed by atoms with E-state index in [1.165, 1.54) is 21.5 Å². The summed E-state index contributed by atoms with van der Waals surface area (Å²) in [7, 11) is 0. The smallest absolute Gasteiger partial charge is 0.0204 e. The maximum absolute atomic E-state index is 2.73. The second-order valence-corrected chi connectivity index (χ2v) is 15.1. The lowest BCUT2D eigenvalue weighted by Crippen LogP contribution is -2.19. The molecule has 0 fully saturated rings. The van der Waals surface area contributed by atoms with Gasteiger partial charge in [-0.15, -0.1) is 0 Å². The summed E-state index contributed by atoms with van der Waals surface area (Å²) in [6, 6.07) is 43.9. The number of hydrogen-bond donors (Lipinski definition) is 0. The summed E-state index contributed by atoms with van der Waals surface area (Å²) < 4.78 is 0. The minimum atomic E-state index is -1.70. The van der Waals surface area contributed by atoms with Crippen LogP contribution in [0, 0.1) is 0 Å². The first-order valence-corrected chi connectivity index (χ1v) is 15.0. The minimum Gasteiger partial charge on any atom is -0.0622 e. The highest BCUT2D eigenvalue weighted by atomic mass is 31.2. The predicted octanol–water partition coefficient (Wildman–Crippen LogP) is 5.87. The molecule has 0 aromatic heterocycles. The third kappa shape index (κ3) is 4.46. The van der Waals surface area contributed by atoms with Gasteiger partial charge in [-0.3, -0.25) is 0 Å². The van der Waals surface area contributed by atoms with E-state index in [4.69, 9.17) is 0 Å². The van der Waals surface area contributed by atoms with Gasteiger partial charge in [-0.05, 0) is 40.6 Å². The molecular weight excluding hydrogens is 398 g/mol. The predicted molar refractivity (Wildman–Crippen MR) is 142 cm³/mol. The molecule has 30 heavy (non-hydrogen) atoms. The van der Waals surface area contributed by atoms with Crippen molar-refractivity contribution in [2.24, 2.45) is 0 Å². The van der Waals surface area contributed by atoms with Crippen molar-refractivity contribution in [1.29, 1.82) is 0 Å². The van der Waals surface area contributed by atoms with Gasteiger partial charge in [0.05, 0.1) is 0 Å². The number of rotatable bonds is 5. The lowest BCUT2D eigenvalue weighted by atomic mass is 10.2. The third-order valence-electron chi connectivity index (χ3n) is 5.59. The molecule has 0 saturated heterocycles. The van der Waals surface area contributed by atoms with E-state index in [1.54, 1.807) is 0 Å². The van der Waals surface area contributed by atoms with Crippen molar-refractivity contribution in [3.05, 3.63) is 127 Å². The lowest BCUT2D eigenvalue weighted by molar-refractivity contribution is 1.69. The van der Waals surface area contributed by atoms with Gasteiger partial charge in [-0.1, -0.05) is 141 Å². The maximum atomic E-state index is 2.73. The van der Waals surface area contributed by atoms with E-state index in [2.05, 4.69) is 146 Å². The summed E-state index contributed by atoms with van der Waals surface area (Å²) in [6.45, 7) is 1.53. The maximum Gasteiger partial charge on any atom is -0.0204 e. The molecule has 1 atom stereocenters. The molecule has 2 heteroatoms. The Kier molecular flexibility index (Phi) is 6.29. The largest absolute Gasteiger partial charge is 0.0622 e. The number of hydrogen-bond acceptors (Lipinski definition) is 0. The Hall–Kier alpha value is -2.52. The van der Waals surface area contributed by atoms with Crippen LogP contribution in [0.25, 0.3) is 0 Å². The molecule has 4 rings (SSSR count). The van der Waals surface area contributed by atoms with Crippen molar-refractivity contribution >= 4 is 41.0 Å². The highest BCUT2D eigenvalue weighted by Gasteiger charge is 2.22. The van der Waals surface area contributed by atoms with Gasteiger partial charge < -0.3 is 0 Å². The molecule has 0 aliphatic carbocycles. The van der Waals surface area contributed by atoms with Gasteiger partial charge >= 0.3 is 0 Å². The summed E-state index contributed by atoms with van der Waals surface area (Å²) in [5.74, 6) is 2.52. The molecule has 0 heterocycles. The highest BCUT2D eigenvalue weighted by Crippen LogP contribution is 2.51. The average molecular weight is 426 g/mol. The molecule has 0 aliphatic heterocycles. The van der Waals surface area contributed by atoms with Crippen molar-refractivity contribution in [3.8, 4) is 0 Å². The van der Waals surface area contributed by atoms with Gasteiger partial charge in [0, 0.05) is 0 Å². The van der Waals surface area contributed by atoms with Crippen LogP contribution in [-0.2, 0) is 0 Å². The van der Waals surface area contributed by atoms with E-state index in [0.29, 0.717) is 0 Å². The molecule has 0 amide bonds. The molecule has 4 aromatic carbocycles. The van der Waals surface area contributed by atoms with E-state index in [-0.39, 0.29) is 0 Å². The topological polar surface area (TPSA) is 0 Å².